The van der Waals surface area contributed by atoms with Gasteiger partial charge in [0, 0.05) is 12.0 Å². The first-order valence-electron chi connectivity index (χ1n) is 6.27. The van der Waals surface area contributed by atoms with Crippen molar-refractivity contribution in [3.63, 3.8) is 0 Å². The van der Waals surface area contributed by atoms with Crippen molar-refractivity contribution in [2.24, 2.45) is 0 Å². The molecule has 0 fully saturated rings. The SMILES string of the molecule is COc1ccc([C@@H]2Cc3cc(OC)ccc3O2)cc1. The summed E-state index contributed by atoms with van der Waals surface area (Å²) < 4.78 is 16.4. The summed E-state index contributed by atoms with van der Waals surface area (Å²) in [5.41, 5.74) is 2.36. The smallest absolute Gasteiger partial charge is 0.128 e. The molecule has 0 unspecified atom stereocenters. The molecule has 19 heavy (non-hydrogen) atoms. The molecule has 1 aliphatic rings. The van der Waals surface area contributed by atoms with Crippen molar-refractivity contribution < 1.29 is 14.2 Å². The van der Waals surface area contributed by atoms with Crippen LogP contribution in [0.15, 0.2) is 42.5 Å². The van der Waals surface area contributed by atoms with E-state index in [2.05, 4.69) is 0 Å². The maximum Gasteiger partial charge on any atom is 0.128 e. The third kappa shape index (κ3) is 2.24. The minimum atomic E-state index is 0.0769. The summed E-state index contributed by atoms with van der Waals surface area (Å²) in [7, 11) is 3.35. The molecule has 1 heterocycles. The van der Waals surface area contributed by atoms with Crippen LogP contribution in [-0.2, 0) is 6.42 Å². The molecule has 0 radical (unpaired) electrons. The van der Waals surface area contributed by atoms with Crippen LogP contribution in [0.5, 0.6) is 17.2 Å². The van der Waals surface area contributed by atoms with Gasteiger partial charge in [0.15, 0.2) is 0 Å². The van der Waals surface area contributed by atoms with Crippen molar-refractivity contribution in [2.75, 3.05) is 14.2 Å². The van der Waals surface area contributed by atoms with Gasteiger partial charge in [-0.2, -0.15) is 0 Å². The fraction of sp³-hybridized carbons (Fsp3) is 0.250. The van der Waals surface area contributed by atoms with Gasteiger partial charge in [0.25, 0.3) is 0 Å². The predicted molar refractivity (Wildman–Crippen MR) is 73.1 cm³/mol. The van der Waals surface area contributed by atoms with Gasteiger partial charge in [0.1, 0.15) is 23.4 Å². The van der Waals surface area contributed by atoms with Gasteiger partial charge in [0.05, 0.1) is 14.2 Å². The van der Waals surface area contributed by atoms with E-state index in [9.17, 15) is 0 Å². The molecule has 98 valence electrons. The van der Waals surface area contributed by atoms with Crippen LogP contribution in [-0.4, -0.2) is 14.2 Å². The average Bonchev–Trinajstić information content (AvgIpc) is 2.90. The van der Waals surface area contributed by atoms with Gasteiger partial charge >= 0.3 is 0 Å². The van der Waals surface area contributed by atoms with Crippen LogP contribution in [0.3, 0.4) is 0 Å². The van der Waals surface area contributed by atoms with E-state index in [0.29, 0.717) is 0 Å². The van der Waals surface area contributed by atoms with Crippen molar-refractivity contribution in [1.82, 2.24) is 0 Å². The second-order valence-electron chi connectivity index (χ2n) is 4.56. The Labute approximate surface area is 112 Å². The van der Waals surface area contributed by atoms with E-state index in [-0.39, 0.29) is 6.10 Å². The van der Waals surface area contributed by atoms with Crippen LogP contribution in [0.4, 0.5) is 0 Å². The van der Waals surface area contributed by atoms with Gasteiger partial charge in [0.2, 0.25) is 0 Å². The largest absolute Gasteiger partial charge is 0.497 e. The molecule has 0 N–H and O–H groups in total. The van der Waals surface area contributed by atoms with Crippen LogP contribution in [0.1, 0.15) is 17.2 Å². The molecule has 3 heteroatoms. The number of rotatable bonds is 3. The molecular formula is C16H16O3. The zero-order chi connectivity index (χ0) is 13.2. The molecule has 2 aromatic carbocycles. The van der Waals surface area contributed by atoms with Crippen LogP contribution in [0.2, 0.25) is 0 Å². The van der Waals surface area contributed by atoms with Crippen molar-refractivity contribution in [1.29, 1.82) is 0 Å². The van der Waals surface area contributed by atoms with Crippen LogP contribution in [0, 0.1) is 0 Å². The van der Waals surface area contributed by atoms with Gasteiger partial charge in [-0.15, -0.1) is 0 Å². The molecule has 0 amide bonds. The third-order valence-corrected chi connectivity index (χ3v) is 3.43. The Morgan fingerprint density at radius 3 is 2.32 bits per heavy atom. The second-order valence-corrected chi connectivity index (χ2v) is 4.56. The Kier molecular flexibility index (Phi) is 3.03. The number of hydrogen-bond acceptors (Lipinski definition) is 3. The zero-order valence-electron chi connectivity index (χ0n) is 11.1. The van der Waals surface area contributed by atoms with Crippen LogP contribution >= 0.6 is 0 Å². The lowest BCUT2D eigenvalue weighted by atomic mass is 10.0. The summed E-state index contributed by atoms with van der Waals surface area (Å²) in [6.45, 7) is 0. The minimum Gasteiger partial charge on any atom is -0.497 e. The number of fused-ring (bicyclic) bond motifs is 1. The third-order valence-electron chi connectivity index (χ3n) is 3.43. The van der Waals surface area contributed by atoms with Crippen molar-refractivity contribution in [3.05, 3.63) is 53.6 Å². The monoisotopic (exact) mass is 256 g/mol. The van der Waals surface area contributed by atoms with Crippen molar-refractivity contribution in [3.8, 4) is 17.2 Å². The normalized spacial score (nSPS) is 16.6. The highest BCUT2D eigenvalue weighted by atomic mass is 16.5. The first kappa shape index (κ1) is 11.9. The highest BCUT2D eigenvalue weighted by Crippen LogP contribution is 2.38. The van der Waals surface area contributed by atoms with E-state index in [4.69, 9.17) is 14.2 Å². The maximum absolute atomic E-state index is 5.97. The Morgan fingerprint density at radius 2 is 1.63 bits per heavy atom. The number of methoxy groups -OCH3 is 2. The molecule has 1 aliphatic heterocycles. The fourth-order valence-corrected chi connectivity index (χ4v) is 2.36. The lowest BCUT2D eigenvalue weighted by molar-refractivity contribution is 0.238. The number of hydrogen-bond donors (Lipinski definition) is 0. The quantitative estimate of drug-likeness (QED) is 0.842. The zero-order valence-corrected chi connectivity index (χ0v) is 11.1. The van der Waals surface area contributed by atoms with E-state index in [1.807, 2.05) is 42.5 Å². The minimum absolute atomic E-state index is 0.0769. The van der Waals surface area contributed by atoms with E-state index in [1.54, 1.807) is 14.2 Å². The Hall–Kier alpha value is -2.16. The van der Waals surface area contributed by atoms with Crippen molar-refractivity contribution in [2.45, 2.75) is 12.5 Å². The predicted octanol–water partition coefficient (Wildman–Crippen LogP) is 3.38. The molecule has 3 nitrogen and oxygen atoms in total. The lowest BCUT2D eigenvalue weighted by Crippen LogP contribution is -2.02. The summed E-state index contributed by atoms with van der Waals surface area (Å²) in [6, 6.07) is 14.0. The molecule has 0 saturated carbocycles. The molecule has 2 aromatic rings. The Balaban J connectivity index is 1.82. The van der Waals surface area contributed by atoms with Gasteiger partial charge in [-0.3, -0.25) is 0 Å². The summed E-state index contributed by atoms with van der Waals surface area (Å²) in [6.07, 6.45) is 0.951. The van der Waals surface area contributed by atoms with Gasteiger partial charge in [-0.25, -0.2) is 0 Å². The van der Waals surface area contributed by atoms with E-state index in [1.165, 1.54) is 5.56 Å². The number of ether oxygens (including phenoxy) is 3. The first-order chi connectivity index (χ1) is 9.30. The van der Waals surface area contributed by atoms with E-state index in [0.717, 1.165) is 29.2 Å². The van der Waals surface area contributed by atoms with Gasteiger partial charge in [-0.05, 0) is 35.9 Å². The lowest BCUT2D eigenvalue weighted by Gasteiger charge is -2.11. The molecule has 0 aliphatic carbocycles. The summed E-state index contributed by atoms with van der Waals surface area (Å²) in [5, 5.41) is 0. The summed E-state index contributed by atoms with van der Waals surface area (Å²) >= 11 is 0. The molecule has 0 bridgehead atoms. The fourth-order valence-electron chi connectivity index (χ4n) is 2.36. The van der Waals surface area contributed by atoms with Gasteiger partial charge < -0.3 is 14.2 Å². The summed E-state index contributed by atoms with van der Waals surface area (Å²) in [5.74, 6) is 2.68. The second kappa shape index (κ2) is 4.84. The van der Waals surface area contributed by atoms with Crippen molar-refractivity contribution >= 4 is 0 Å². The molecule has 0 saturated heterocycles. The average molecular weight is 256 g/mol. The molecule has 0 spiro atoms. The molecule has 0 aromatic heterocycles. The highest BCUT2D eigenvalue weighted by Gasteiger charge is 2.24. The molecule has 1 atom stereocenters. The Bertz CT molecular complexity index is 575. The maximum atomic E-state index is 5.97. The Morgan fingerprint density at radius 1 is 0.947 bits per heavy atom. The van der Waals surface area contributed by atoms with E-state index < -0.39 is 0 Å². The van der Waals surface area contributed by atoms with Crippen LogP contribution < -0.4 is 14.2 Å². The first-order valence-corrected chi connectivity index (χ1v) is 6.27. The molecular weight excluding hydrogens is 240 g/mol. The van der Waals surface area contributed by atoms with Crippen LogP contribution in [0.25, 0.3) is 0 Å². The molecule has 3 rings (SSSR count). The standard InChI is InChI=1S/C16H16O3/c1-17-13-5-3-11(4-6-13)16-10-12-9-14(18-2)7-8-15(12)19-16/h3-9,16H,10H2,1-2H3/t16-/m0/s1. The topological polar surface area (TPSA) is 27.7 Å². The summed E-state index contributed by atoms with van der Waals surface area (Å²) in [4.78, 5) is 0. The van der Waals surface area contributed by atoms with E-state index >= 15 is 0 Å². The van der Waals surface area contributed by atoms with Gasteiger partial charge in [-0.1, -0.05) is 12.1 Å². The highest BCUT2D eigenvalue weighted by molar-refractivity contribution is 5.45. The number of benzene rings is 2.